The van der Waals surface area contributed by atoms with E-state index in [1.54, 1.807) is 11.8 Å². The summed E-state index contributed by atoms with van der Waals surface area (Å²) in [4.78, 5) is 26.7. The first-order valence-corrected chi connectivity index (χ1v) is 11.0. The van der Waals surface area contributed by atoms with Gasteiger partial charge in [-0.3, -0.25) is 4.79 Å². The van der Waals surface area contributed by atoms with Crippen molar-refractivity contribution in [1.29, 1.82) is 0 Å². The van der Waals surface area contributed by atoms with Crippen molar-refractivity contribution >= 4 is 18.1 Å². The molecule has 1 amide bonds. The topological polar surface area (TPSA) is 106 Å². The average Bonchev–Trinajstić information content (AvgIpc) is 3.25. The van der Waals surface area contributed by atoms with Crippen LogP contribution >= 0.6 is 0 Å². The van der Waals surface area contributed by atoms with Crippen LogP contribution in [0.5, 0.6) is 0 Å². The standard InChI is InChI=1S/C25H27N3O3.CH2O2/c1-17-26-23(27-31-17)20-10-8-18(9-11-20)21-6-5-7-22(16-21)19-12-14-28(15-13-19)24(29)30-25(2,3)4;2-1-3/h5-12,16H,13-15H2,1-4H3;1H,(H,2,3). The zero-order valence-corrected chi connectivity index (χ0v) is 19.8. The lowest BCUT2D eigenvalue weighted by Crippen LogP contribution is -2.39. The first-order valence-electron chi connectivity index (χ1n) is 11.0. The van der Waals surface area contributed by atoms with E-state index in [9.17, 15) is 4.79 Å². The first-order chi connectivity index (χ1) is 16.2. The van der Waals surface area contributed by atoms with Crippen molar-refractivity contribution in [1.82, 2.24) is 15.0 Å². The molecule has 1 aromatic heterocycles. The molecule has 1 aliphatic rings. The van der Waals surface area contributed by atoms with Gasteiger partial charge in [0.1, 0.15) is 5.60 Å². The number of benzene rings is 2. The van der Waals surface area contributed by atoms with E-state index >= 15 is 0 Å². The zero-order valence-electron chi connectivity index (χ0n) is 19.8. The van der Waals surface area contributed by atoms with Gasteiger partial charge in [-0.2, -0.15) is 4.98 Å². The molecule has 1 N–H and O–H groups in total. The number of carbonyl (C=O) groups is 2. The fourth-order valence-electron chi connectivity index (χ4n) is 3.55. The predicted molar refractivity (Wildman–Crippen MR) is 129 cm³/mol. The Morgan fingerprint density at radius 2 is 1.74 bits per heavy atom. The smallest absolute Gasteiger partial charge is 0.410 e. The molecule has 0 radical (unpaired) electrons. The molecule has 0 aliphatic carbocycles. The maximum absolute atomic E-state index is 12.3. The Hall–Kier alpha value is -3.94. The van der Waals surface area contributed by atoms with Crippen LogP contribution in [0.15, 0.2) is 59.1 Å². The molecule has 0 fully saturated rings. The van der Waals surface area contributed by atoms with E-state index in [0.29, 0.717) is 24.8 Å². The van der Waals surface area contributed by atoms with Crippen LogP contribution in [0.1, 0.15) is 38.6 Å². The molecule has 2 aromatic carbocycles. The van der Waals surface area contributed by atoms with Crippen LogP contribution in [0.3, 0.4) is 0 Å². The van der Waals surface area contributed by atoms with E-state index < -0.39 is 5.60 Å². The van der Waals surface area contributed by atoms with E-state index in [1.165, 1.54) is 11.1 Å². The molecular formula is C26H29N3O5. The van der Waals surface area contributed by atoms with Gasteiger partial charge in [-0.05, 0) is 55.5 Å². The molecule has 8 heteroatoms. The maximum Gasteiger partial charge on any atom is 0.410 e. The third kappa shape index (κ3) is 6.54. The zero-order chi connectivity index (χ0) is 24.7. The minimum Gasteiger partial charge on any atom is -0.483 e. The van der Waals surface area contributed by atoms with Crippen LogP contribution in [0.25, 0.3) is 28.1 Å². The molecule has 0 saturated carbocycles. The Kier molecular flexibility index (Phi) is 7.83. The highest BCUT2D eigenvalue weighted by atomic mass is 16.6. The number of aromatic nitrogens is 2. The molecule has 2 heterocycles. The normalized spacial score (nSPS) is 13.4. The molecule has 0 bridgehead atoms. The Labute approximate surface area is 198 Å². The average molecular weight is 464 g/mol. The van der Waals surface area contributed by atoms with Gasteiger partial charge >= 0.3 is 6.09 Å². The Bertz CT molecular complexity index is 1160. The third-order valence-corrected chi connectivity index (χ3v) is 5.10. The second kappa shape index (κ2) is 10.8. The van der Waals surface area contributed by atoms with Crippen molar-refractivity contribution in [2.45, 2.75) is 39.7 Å². The summed E-state index contributed by atoms with van der Waals surface area (Å²) in [5.74, 6) is 1.15. The van der Waals surface area contributed by atoms with Gasteiger partial charge in [-0.25, -0.2) is 4.79 Å². The van der Waals surface area contributed by atoms with Gasteiger partial charge < -0.3 is 19.3 Å². The number of rotatable bonds is 3. The number of hydrogen-bond acceptors (Lipinski definition) is 6. The van der Waals surface area contributed by atoms with Crippen molar-refractivity contribution < 1.29 is 24.0 Å². The van der Waals surface area contributed by atoms with Crippen LogP contribution in [0, 0.1) is 6.92 Å². The molecule has 8 nitrogen and oxygen atoms in total. The summed E-state index contributed by atoms with van der Waals surface area (Å²) in [5, 5.41) is 10.9. The number of amides is 1. The second-order valence-electron chi connectivity index (χ2n) is 8.81. The van der Waals surface area contributed by atoms with E-state index in [2.05, 4.69) is 52.6 Å². The molecule has 34 heavy (non-hydrogen) atoms. The molecule has 0 unspecified atom stereocenters. The van der Waals surface area contributed by atoms with Gasteiger partial charge in [0.05, 0.1) is 0 Å². The van der Waals surface area contributed by atoms with Crippen molar-refractivity contribution in [2.75, 3.05) is 13.1 Å². The van der Waals surface area contributed by atoms with Gasteiger partial charge in [-0.1, -0.05) is 53.7 Å². The monoisotopic (exact) mass is 463 g/mol. The fourth-order valence-corrected chi connectivity index (χ4v) is 3.55. The summed E-state index contributed by atoms with van der Waals surface area (Å²) in [6.45, 7) is 8.41. The molecule has 1 aliphatic heterocycles. The number of carboxylic acid groups (broad SMARTS) is 1. The van der Waals surface area contributed by atoms with Crippen molar-refractivity contribution in [2.24, 2.45) is 0 Å². The lowest BCUT2D eigenvalue weighted by atomic mass is 9.95. The number of nitrogens with zero attached hydrogens (tertiary/aromatic N) is 3. The molecule has 3 aromatic rings. The number of carbonyl (C=O) groups excluding carboxylic acids is 1. The summed E-state index contributed by atoms with van der Waals surface area (Å²) < 4.78 is 10.5. The van der Waals surface area contributed by atoms with Gasteiger partial charge in [0.25, 0.3) is 6.47 Å². The Balaban J connectivity index is 0.00000103. The first kappa shape index (κ1) is 24.7. The van der Waals surface area contributed by atoms with E-state index in [0.717, 1.165) is 23.1 Å². The Morgan fingerprint density at radius 3 is 2.29 bits per heavy atom. The molecule has 178 valence electrons. The van der Waals surface area contributed by atoms with Crippen LogP contribution in [-0.4, -0.2) is 51.4 Å². The van der Waals surface area contributed by atoms with Crippen molar-refractivity contribution in [3.8, 4) is 22.5 Å². The van der Waals surface area contributed by atoms with Crippen LogP contribution < -0.4 is 0 Å². The number of aryl methyl sites for hydroxylation is 1. The number of hydrogen-bond donors (Lipinski definition) is 1. The summed E-state index contributed by atoms with van der Waals surface area (Å²) in [6, 6.07) is 16.6. The summed E-state index contributed by atoms with van der Waals surface area (Å²) >= 11 is 0. The lowest BCUT2D eigenvalue weighted by Gasteiger charge is -2.29. The highest BCUT2D eigenvalue weighted by molar-refractivity contribution is 5.76. The molecule has 0 spiro atoms. The van der Waals surface area contributed by atoms with E-state index in [-0.39, 0.29) is 12.6 Å². The van der Waals surface area contributed by atoms with Crippen LogP contribution in [0.2, 0.25) is 0 Å². The lowest BCUT2D eigenvalue weighted by molar-refractivity contribution is -0.122. The molecule has 4 rings (SSSR count). The van der Waals surface area contributed by atoms with E-state index in [1.807, 2.05) is 32.9 Å². The predicted octanol–water partition coefficient (Wildman–Crippen LogP) is 5.44. The SMILES string of the molecule is Cc1nc(-c2ccc(-c3cccc(C4=CCN(C(=O)OC(C)(C)C)CC4)c3)cc2)no1.O=CO. The highest BCUT2D eigenvalue weighted by Gasteiger charge is 2.23. The van der Waals surface area contributed by atoms with Gasteiger partial charge in [0, 0.05) is 25.6 Å². The summed E-state index contributed by atoms with van der Waals surface area (Å²) in [7, 11) is 0. The molecule has 0 atom stereocenters. The summed E-state index contributed by atoms with van der Waals surface area (Å²) in [6.07, 6.45) is 2.67. The van der Waals surface area contributed by atoms with Crippen molar-refractivity contribution in [3.63, 3.8) is 0 Å². The minimum atomic E-state index is -0.479. The van der Waals surface area contributed by atoms with E-state index in [4.69, 9.17) is 19.2 Å². The molecular weight excluding hydrogens is 434 g/mol. The maximum atomic E-state index is 12.3. The summed E-state index contributed by atoms with van der Waals surface area (Å²) in [5.41, 5.74) is 5.14. The van der Waals surface area contributed by atoms with Gasteiger partial charge in [0.15, 0.2) is 0 Å². The number of ether oxygens (including phenoxy) is 1. The van der Waals surface area contributed by atoms with Crippen LogP contribution in [0.4, 0.5) is 4.79 Å². The van der Waals surface area contributed by atoms with Gasteiger partial charge in [0.2, 0.25) is 11.7 Å². The minimum absolute atomic E-state index is 0.250. The Morgan fingerprint density at radius 1 is 1.09 bits per heavy atom. The fraction of sp³-hybridized carbons (Fsp3) is 0.308. The van der Waals surface area contributed by atoms with Crippen LogP contribution in [-0.2, 0) is 9.53 Å². The quantitative estimate of drug-likeness (QED) is 0.516. The largest absolute Gasteiger partial charge is 0.483 e. The third-order valence-electron chi connectivity index (χ3n) is 5.10. The van der Waals surface area contributed by atoms with Gasteiger partial charge in [-0.15, -0.1) is 0 Å². The highest BCUT2D eigenvalue weighted by Crippen LogP contribution is 2.29. The second-order valence-corrected chi connectivity index (χ2v) is 8.81. The van der Waals surface area contributed by atoms with Crippen molar-refractivity contribution in [3.05, 3.63) is 66.1 Å². The molecule has 0 saturated heterocycles.